The second-order valence-corrected chi connectivity index (χ2v) is 7.72. The highest BCUT2D eigenvalue weighted by atomic mass is 79.9. The minimum Gasteiger partial charge on any atom is -0.493 e. The number of hydrogen-bond donors (Lipinski definition) is 2. The molecule has 0 fully saturated rings. The van der Waals surface area contributed by atoms with Crippen molar-refractivity contribution in [3.8, 4) is 11.5 Å². The van der Waals surface area contributed by atoms with Gasteiger partial charge in [0.2, 0.25) is 0 Å². The van der Waals surface area contributed by atoms with Gasteiger partial charge in [0.25, 0.3) is 11.8 Å². The van der Waals surface area contributed by atoms with Crippen LogP contribution in [0.1, 0.15) is 30.6 Å². The Morgan fingerprint density at radius 3 is 2.54 bits per heavy atom. The molecule has 0 saturated heterocycles. The van der Waals surface area contributed by atoms with Gasteiger partial charge in [-0.15, -0.1) is 0 Å². The standard InChI is InChI=1S/C20H22BrClN2O4/c1-13(2)9-10-27-17-6-4-3-5-15(17)20(26)24-23-19(25)12-28-18-8-7-14(21)11-16(18)22/h3-8,11,13H,9-10,12H2,1-2H3,(H,23,25)(H,24,26). The van der Waals surface area contributed by atoms with Crippen molar-refractivity contribution in [2.45, 2.75) is 20.3 Å². The van der Waals surface area contributed by atoms with Crippen LogP contribution in [-0.4, -0.2) is 25.0 Å². The topological polar surface area (TPSA) is 76.7 Å². The van der Waals surface area contributed by atoms with Crippen molar-refractivity contribution in [3.63, 3.8) is 0 Å². The average molecular weight is 470 g/mol. The molecule has 0 saturated carbocycles. The van der Waals surface area contributed by atoms with Crippen molar-refractivity contribution in [3.05, 3.63) is 57.5 Å². The largest absolute Gasteiger partial charge is 0.493 e. The molecule has 0 spiro atoms. The molecular weight excluding hydrogens is 448 g/mol. The molecule has 0 aromatic heterocycles. The number of benzene rings is 2. The van der Waals surface area contributed by atoms with E-state index in [9.17, 15) is 9.59 Å². The summed E-state index contributed by atoms with van der Waals surface area (Å²) in [7, 11) is 0. The lowest BCUT2D eigenvalue weighted by molar-refractivity contribution is -0.123. The smallest absolute Gasteiger partial charge is 0.276 e. The fourth-order valence-electron chi connectivity index (χ4n) is 2.15. The van der Waals surface area contributed by atoms with E-state index in [1.807, 2.05) is 0 Å². The SMILES string of the molecule is CC(C)CCOc1ccccc1C(=O)NNC(=O)COc1ccc(Br)cc1Cl. The summed E-state index contributed by atoms with van der Waals surface area (Å²) >= 11 is 9.32. The summed E-state index contributed by atoms with van der Waals surface area (Å²) in [5.41, 5.74) is 5.01. The van der Waals surface area contributed by atoms with Crippen molar-refractivity contribution in [2.75, 3.05) is 13.2 Å². The van der Waals surface area contributed by atoms with E-state index in [0.717, 1.165) is 10.9 Å². The first-order valence-electron chi connectivity index (χ1n) is 8.75. The number of ether oxygens (including phenoxy) is 2. The fourth-order valence-corrected chi connectivity index (χ4v) is 2.88. The van der Waals surface area contributed by atoms with Gasteiger partial charge in [-0.3, -0.25) is 20.4 Å². The molecule has 0 atom stereocenters. The Labute approximate surface area is 177 Å². The summed E-state index contributed by atoms with van der Waals surface area (Å²) in [4.78, 5) is 24.3. The number of nitrogens with one attached hydrogen (secondary N) is 2. The average Bonchev–Trinajstić information content (AvgIpc) is 2.65. The third-order valence-corrected chi connectivity index (χ3v) is 4.44. The molecule has 0 radical (unpaired) electrons. The molecule has 0 bridgehead atoms. The van der Waals surface area contributed by atoms with Crippen molar-refractivity contribution in [2.24, 2.45) is 5.92 Å². The number of hydrogen-bond acceptors (Lipinski definition) is 4. The van der Waals surface area contributed by atoms with Gasteiger partial charge in [-0.05, 0) is 42.7 Å². The maximum atomic E-state index is 12.4. The summed E-state index contributed by atoms with van der Waals surface area (Å²) in [6, 6.07) is 11.9. The summed E-state index contributed by atoms with van der Waals surface area (Å²) in [6.07, 6.45) is 0.878. The Hall–Kier alpha value is -2.25. The van der Waals surface area contributed by atoms with E-state index in [0.29, 0.717) is 34.6 Å². The van der Waals surface area contributed by atoms with Crippen LogP contribution in [0, 0.1) is 5.92 Å². The van der Waals surface area contributed by atoms with E-state index in [4.69, 9.17) is 21.1 Å². The number of carbonyl (C=O) groups excluding carboxylic acids is 2. The highest BCUT2D eigenvalue weighted by Gasteiger charge is 2.14. The highest BCUT2D eigenvalue weighted by Crippen LogP contribution is 2.27. The quantitative estimate of drug-likeness (QED) is 0.563. The first-order chi connectivity index (χ1) is 13.4. The van der Waals surface area contributed by atoms with Crippen molar-refractivity contribution < 1.29 is 19.1 Å². The van der Waals surface area contributed by atoms with Crippen LogP contribution in [-0.2, 0) is 4.79 Å². The predicted octanol–water partition coefficient (Wildman–Crippen LogP) is 4.37. The zero-order valence-corrected chi connectivity index (χ0v) is 18.0. The lowest BCUT2D eigenvalue weighted by Gasteiger charge is -2.13. The molecule has 0 aliphatic rings. The van der Waals surface area contributed by atoms with Gasteiger partial charge in [0, 0.05) is 4.47 Å². The Kier molecular flexibility index (Phi) is 8.60. The van der Waals surface area contributed by atoms with Gasteiger partial charge < -0.3 is 9.47 Å². The third kappa shape index (κ3) is 7.05. The minimum atomic E-state index is -0.523. The monoisotopic (exact) mass is 468 g/mol. The summed E-state index contributed by atoms with van der Waals surface area (Å²) in [5.74, 6) is 0.336. The van der Waals surface area contributed by atoms with E-state index in [-0.39, 0.29) is 6.61 Å². The third-order valence-electron chi connectivity index (χ3n) is 3.65. The molecule has 0 unspecified atom stereocenters. The summed E-state index contributed by atoms with van der Waals surface area (Å²) in [5, 5.41) is 0.374. The van der Waals surface area contributed by atoms with Crippen molar-refractivity contribution >= 4 is 39.3 Å². The number of halogens is 2. The zero-order chi connectivity index (χ0) is 20.5. The van der Waals surface area contributed by atoms with Crippen molar-refractivity contribution in [1.82, 2.24) is 10.9 Å². The molecule has 0 aliphatic heterocycles. The van der Waals surface area contributed by atoms with Gasteiger partial charge in [-0.1, -0.05) is 53.5 Å². The molecule has 2 rings (SSSR count). The van der Waals surface area contributed by atoms with Gasteiger partial charge >= 0.3 is 0 Å². The minimum absolute atomic E-state index is 0.297. The molecule has 150 valence electrons. The molecule has 0 heterocycles. The Morgan fingerprint density at radius 2 is 1.82 bits per heavy atom. The second kappa shape index (κ2) is 10.9. The summed E-state index contributed by atoms with van der Waals surface area (Å²) in [6.45, 7) is 4.41. The van der Waals surface area contributed by atoms with Crippen molar-refractivity contribution in [1.29, 1.82) is 0 Å². The van der Waals surface area contributed by atoms with Gasteiger partial charge in [-0.2, -0.15) is 0 Å². The molecule has 28 heavy (non-hydrogen) atoms. The normalized spacial score (nSPS) is 10.5. The first kappa shape index (κ1) is 22.0. The molecule has 2 N–H and O–H groups in total. The van der Waals surface area contributed by atoms with Crippen LogP contribution in [0.25, 0.3) is 0 Å². The molecule has 2 amide bonds. The lowest BCUT2D eigenvalue weighted by atomic mass is 10.1. The van der Waals surface area contributed by atoms with E-state index in [1.165, 1.54) is 0 Å². The van der Waals surface area contributed by atoms with Gasteiger partial charge in [0.1, 0.15) is 11.5 Å². The second-order valence-electron chi connectivity index (χ2n) is 6.39. The van der Waals surface area contributed by atoms with Crippen LogP contribution >= 0.6 is 27.5 Å². The number of amides is 2. The maximum Gasteiger partial charge on any atom is 0.276 e. The number of hydrazine groups is 1. The van der Waals surface area contributed by atoms with E-state index in [1.54, 1.807) is 42.5 Å². The first-order valence-corrected chi connectivity index (χ1v) is 9.92. The predicted molar refractivity (Wildman–Crippen MR) is 112 cm³/mol. The van der Waals surface area contributed by atoms with Gasteiger partial charge in [0.05, 0.1) is 17.2 Å². The Morgan fingerprint density at radius 1 is 1.07 bits per heavy atom. The molecule has 2 aromatic rings. The van der Waals surface area contributed by atoms with Gasteiger partial charge in [-0.25, -0.2) is 0 Å². The van der Waals surface area contributed by atoms with E-state index in [2.05, 4.69) is 40.6 Å². The van der Waals surface area contributed by atoms with Gasteiger partial charge in [0.15, 0.2) is 6.61 Å². The number of carbonyl (C=O) groups is 2. The number of rotatable bonds is 8. The highest BCUT2D eigenvalue weighted by molar-refractivity contribution is 9.10. The van der Waals surface area contributed by atoms with E-state index < -0.39 is 11.8 Å². The summed E-state index contributed by atoms with van der Waals surface area (Å²) < 4.78 is 11.8. The van der Waals surface area contributed by atoms with Crippen LogP contribution in [0.4, 0.5) is 0 Å². The van der Waals surface area contributed by atoms with Crippen LogP contribution in [0.15, 0.2) is 46.9 Å². The maximum absolute atomic E-state index is 12.4. The van der Waals surface area contributed by atoms with E-state index >= 15 is 0 Å². The van der Waals surface area contributed by atoms with Crippen LogP contribution < -0.4 is 20.3 Å². The van der Waals surface area contributed by atoms with Crippen LogP contribution in [0.3, 0.4) is 0 Å². The Bertz CT molecular complexity index is 830. The Balaban J connectivity index is 1.85. The van der Waals surface area contributed by atoms with Crippen LogP contribution in [0.5, 0.6) is 11.5 Å². The molecule has 6 nitrogen and oxygen atoms in total. The molecule has 0 aliphatic carbocycles. The molecular formula is C20H22BrClN2O4. The number of para-hydroxylation sites is 1. The lowest BCUT2D eigenvalue weighted by Crippen LogP contribution is -2.44. The molecule has 2 aromatic carbocycles. The zero-order valence-electron chi connectivity index (χ0n) is 15.6. The molecule has 8 heteroatoms. The van der Waals surface area contributed by atoms with Crippen LogP contribution in [0.2, 0.25) is 5.02 Å². The fraction of sp³-hybridized carbons (Fsp3) is 0.300.